The zero-order valence-electron chi connectivity index (χ0n) is 9.60. The Hall–Kier alpha value is -2.16. The molecule has 3 heteroatoms. The lowest BCUT2D eigenvalue weighted by molar-refractivity contribution is 0.323. The van der Waals surface area contributed by atoms with E-state index in [2.05, 4.69) is 0 Å². The van der Waals surface area contributed by atoms with Crippen LogP contribution < -0.4 is 16.2 Å². The fourth-order valence-corrected chi connectivity index (χ4v) is 1.58. The molecule has 0 heterocycles. The van der Waals surface area contributed by atoms with Crippen LogP contribution in [0.5, 0.6) is 5.75 Å². The third kappa shape index (κ3) is 3.14. The molecule has 0 fully saturated rings. The number of rotatable bonds is 4. The van der Waals surface area contributed by atoms with Gasteiger partial charge < -0.3 is 16.2 Å². The Bertz CT molecular complexity index is 480. The summed E-state index contributed by atoms with van der Waals surface area (Å²) in [4.78, 5) is 0. The van der Waals surface area contributed by atoms with Crippen molar-refractivity contribution in [2.75, 3.05) is 18.1 Å². The third-order valence-corrected chi connectivity index (χ3v) is 2.55. The maximum absolute atomic E-state index is 5.78. The molecule has 0 saturated heterocycles. The van der Waals surface area contributed by atoms with Gasteiger partial charge in [0.2, 0.25) is 0 Å². The summed E-state index contributed by atoms with van der Waals surface area (Å²) >= 11 is 0. The molecule has 3 nitrogen and oxygen atoms in total. The van der Waals surface area contributed by atoms with Crippen LogP contribution in [0.2, 0.25) is 0 Å². The topological polar surface area (TPSA) is 61.3 Å². The van der Waals surface area contributed by atoms with Gasteiger partial charge in [-0.25, -0.2) is 0 Å². The van der Waals surface area contributed by atoms with Crippen LogP contribution in [0.4, 0.5) is 11.4 Å². The van der Waals surface area contributed by atoms with Crippen LogP contribution in [0.1, 0.15) is 5.56 Å². The highest BCUT2D eigenvalue weighted by molar-refractivity contribution is 5.51. The fourth-order valence-electron chi connectivity index (χ4n) is 1.58. The normalized spacial score (nSPS) is 10.1. The van der Waals surface area contributed by atoms with Crippen LogP contribution in [0.15, 0.2) is 48.5 Å². The van der Waals surface area contributed by atoms with Crippen molar-refractivity contribution >= 4 is 11.4 Å². The number of para-hydroxylation sites is 2. The van der Waals surface area contributed by atoms with Crippen molar-refractivity contribution in [2.24, 2.45) is 0 Å². The summed E-state index contributed by atoms with van der Waals surface area (Å²) in [6, 6.07) is 15.3. The summed E-state index contributed by atoms with van der Waals surface area (Å²) in [5.41, 5.74) is 14.1. The van der Waals surface area contributed by atoms with Crippen LogP contribution in [0.3, 0.4) is 0 Å². The first-order valence-electron chi connectivity index (χ1n) is 5.57. The van der Waals surface area contributed by atoms with Gasteiger partial charge in [-0.15, -0.1) is 0 Å². The summed E-state index contributed by atoms with van der Waals surface area (Å²) in [7, 11) is 0. The maximum Gasteiger partial charge on any atom is 0.142 e. The molecule has 2 aromatic carbocycles. The molecule has 0 aliphatic rings. The zero-order valence-corrected chi connectivity index (χ0v) is 9.60. The Labute approximate surface area is 101 Å². The van der Waals surface area contributed by atoms with E-state index in [1.54, 1.807) is 0 Å². The van der Waals surface area contributed by atoms with E-state index in [-0.39, 0.29) is 0 Å². The molecule has 2 aromatic rings. The van der Waals surface area contributed by atoms with Crippen molar-refractivity contribution in [1.29, 1.82) is 0 Å². The highest BCUT2D eigenvalue weighted by Gasteiger charge is 1.98. The maximum atomic E-state index is 5.78. The Morgan fingerprint density at radius 1 is 0.882 bits per heavy atom. The second kappa shape index (κ2) is 5.25. The largest absolute Gasteiger partial charge is 0.491 e. The average Bonchev–Trinajstić information content (AvgIpc) is 2.34. The summed E-state index contributed by atoms with van der Waals surface area (Å²) < 4.78 is 5.61. The lowest BCUT2D eigenvalue weighted by atomic mass is 10.1. The predicted molar refractivity (Wildman–Crippen MR) is 70.9 cm³/mol. The lowest BCUT2D eigenvalue weighted by Crippen LogP contribution is -2.03. The van der Waals surface area contributed by atoms with Crippen molar-refractivity contribution in [2.45, 2.75) is 6.42 Å². The number of nitrogens with two attached hydrogens (primary N) is 2. The Balaban J connectivity index is 1.88. The first-order valence-corrected chi connectivity index (χ1v) is 5.57. The fraction of sp³-hybridized carbons (Fsp3) is 0.143. The Morgan fingerprint density at radius 2 is 1.59 bits per heavy atom. The van der Waals surface area contributed by atoms with E-state index >= 15 is 0 Å². The van der Waals surface area contributed by atoms with Crippen LogP contribution in [0, 0.1) is 0 Å². The molecule has 0 aliphatic heterocycles. The molecule has 0 radical (unpaired) electrons. The first kappa shape index (κ1) is 11.3. The van der Waals surface area contributed by atoms with Gasteiger partial charge in [-0.3, -0.25) is 0 Å². The van der Waals surface area contributed by atoms with Crippen LogP contribution >= 0.6 is 0 Å². The van der Waals surface area contributed by atoms with Gasteiger partial charge in [0.15, 0.2) is 0 Å². The molecule has 17 heavy (non-hydrogen) atoms. The van der Waals surface area contributed by atoms with Gasteiger partial charge >= 0.3 is 0 Å². The van der Waals surface area contributed by atoms with Crippen LogP contribution in [-0.4, -0.2) is 6.61 Å². The molecular weight excluding hydrogens is 212 g/mol. The number of anilines is 2. The van der Waals surface area contributed by atoms with Gasteiger partial charge in [0.1, 0.15) is 5.75 Å². The van der Waals surface area contributed by atoms with Crippen molar-refractivity contribution in [3.8, 4) is 5.75 Å². The molecule has 0 saturated carbocycles. The Kier molecular flexibility index (Phi) is 3.50. The quantitative estimate of drug-likeness (QED) is 0.790. The predicted octanol–water partition coefficient (Wildman–Crippen LogP) is 2.47. The molecule has 0 bridgehead atoms. The molecule has 0 unspecified atom stereocenters. The first-order chi connectivity index (χ1) is 8.25. The molecule has 2 rings (SSSR count). The standard InChI is InChI=1S/C14H16N2O/c15-12-7-5-11(6-8-12)9-10-17-14-4-2-1-3-13(14)16/h1-8H,9-10,15-16H2. The number of hydrogen-bond acceptors (Lipinski definition) is 3. The number of ether oxygens (including phenoxy) is 1. The minimum Gasteiger partial charge on any atom is -0.491 e. The van der Waals surface area contributed by atoms with Crippen molar-refractivity contribution in [1.82, 2.24) is 0 Å². The van der Waals surface area contributed by atoms with E-state index < -0.39 is 0 Å². The minimum atomic E-state index is 0.609. The molecule has 0 aliphatic carbocycles. The lowest BCUT2D eigenvalue weighted by Gasteiger charge is -2.08. The Morgan fingerprint density at radius 3 is 2.29 bits per heavy atom. The van der Waals surface area contributed by atoms with Crippen molar-refractivity contribution in [3.05, 3.63) is 54.1 Å². The summed E-state index contributed by atoms with van der Waals surface area (Å²) in [6.07, 6.45) is 0.842. The van der Waals surface area contributed by atoms with Gasteiger partial charge in [-0.1, -0.05) is 24.3 Å². The second-order valence-corrected chi connectivity index (χ2v) is 3.88. The molecule has 0 atom stereocenters. The van der Waals surface area contributed by atoms with Crippen molar-refractivity contribution in [3.63, 3.8) is 0 Å². The van der Waals surface area contributed by atoms with Crippen LogP contribution in [-0.2, 0) is 6.42 Å². The number of hydrogen-bond donors (Lipinski definition) is 2. The van der Waals surface area contributed by atoms with Gasteiger partial charge in [-0.2, -0.15) is 0 Å². The van der Waals surface area contributed by atoms with E-state index in [0.717, 1.165) is 17.9 Å². The highest BCUT2D eigenvalue weighted by Crippen LogP contribution is 2.19. The van der Waals surface area contributed by atoms with E-state index in [1.807, 2.05) is 48.5 Å². The van der Waals surface area contributed by atoms with Gasteiger partial charge in [0, 0.05) is 12.1 Å². The molecule has 0 amide bonds. The monoisotopic (exact) mass is 228 g/mol. The van der Waals surface area contributed by atoms with E-state index in [1.165, 1.54) is 5.56 Å². The van der Waals surface area contributed by atoms with E-state index in [4.69, 9.17) is 16.2 Å². The molecule has 4 N–H and O–H groups in total. The van der Waals surface area contributed by atoms with E-state index in [9.17, 15) is 0 Å². The number of nitrogen functional groups attached to an aromatic ring is 2. The SMILES string of the molecule is Nc1ccc(CCOc2ccccc2N)cc1. The van der Waals surface area contributed by atoms with E-state index in [0.29, 0.717) is 12.3 Å². The highest BCUT2D eigenvalue weighted by atomic mass is 16.5. The van der Waals surface area contributed by atoms with Gasteiger partial charge in [0.25, 0.3) is 0 Å². The van der Waals surface area contributed by atoms with Gasteiger partial charge in [0.05, 0.1) is 12.3 Å². The number of benzene rings is 2. The molecule has 0 spiro atoms. The third-order valence-electron chi connectivity index (χ3n) is 2.55. The summed E-state index contributed by atoms with van der Waals surface area (Å²) in [6.45, 7) is 0.609. The summed E-state index contributed by atoms with van der Waals surface area (Å²) in [5.74, 6) is 0.739. The summed E-state index contributed by atoms with van der Waals surface area (Å²) in [5, 5.41) is 0. The minimum absolute atomic E-state index is 0.609. The smallest absolute Gasteiger partial charge is 0.142 e. The van der Waals surface area contributed by atoms with Gasteiger partial charge in [-0.05, 0) is 29.8 Å². The molecule has 88 valence electrons. The molecular formula is C14H16N2O. The van der Waals surface area contributed by atoms with Crippen molar-refractivity contribution < 1.29 is 4.74 Å². The second-order valence-electron chi connectivity index (χ2n) is 3.88. The van der Waals surface area contributed by atoms with Crippen LogP contribution in [0.25, 0.3) is 0 Å². The average molecular weight is 228 g/mol. The molecule has 0 aromatic heterocycles. The zero-order chi connectivity index (χ0) is 12.1.